The number of carbonyl (C=O) groups is 1. The molecule has 2 aromatic rings. The van der Waals surface area contributed by atoms with Crippen molar-refractivity contribution in [3.63, 3.8) is 0 Å². The molecule has 0 saturated carbocycles. The normalized spacial score (nSPS) is 17.4. The summed E-state index contributed by atoms with van der Waals surface area (Å²) in [6, 6.07) is 8.54. The summed E-state index contributed by atoms with van der Waals surface area (Å²) < 4.78 is 0. The van der Waals surface area contributed by atoms with Crippen molar-refractivity contribution in [1.82, 2.24) is 15.3 Å². The van der Waals surface area contributed by atoms with Crippen LogP contribution >= 0.6 is 0 Å². The van der Waals surface area contributed by atoms with Crippen LogP contribution in [0.4, 0.5) is 5.82 Å². The van der Waals surface area contributed by atoms with Crippen molar-refractivity contribution in [2.24, 2.45) is 0 Å². The van der Waals surface area contributed by atoms with Gasteiger partial charge >= 0.3 is 0 Å². The van der Waals surface area contributed by atoms with E-state index in [9.17, 15) is 4.79 Å². The Balaban J connectivity index is 1.74. The molecule has 114 valence electrons. The van der Waals surface area contributed by atoms with Crippen LogP contribution in [0.1, 0.15) is 40.2 Å². The van der Waals surface area contributed by atoms with E-state index < -0.39 is 0 Å². The Bertz CT molecular complexity index is 699. The summed E-state index contributed by atoms with van der Waals surface area (Å²) in [7, 11) is 0. The zero-order valence-electron chi connectivity index (χ0n) is 12.7. The number of benzene rings is 1. The molecule has 1 heterocycles. The Morgan fingerprint density at radius 3 is 2.86 bits per heavy atom. The molecule has 0 fully saturated rings. The molecular weight excluding hydrogens is 276 g/mol. The first-order chi connectivity index (χ1) is 10.6. The molecule has 0 saturated heterocycles. The molecule has 5 heteroatoms. The van der Waals surface area contributed by atoms with Gasteiger partial charge in [0.05, 0.1) is 5.69 Å². The smallest absolute Gasteiger partial charge is 0.273 e. The van der Waals surface area contributed by atoms with Crippen molar-refractivity contribution in [2.45, 2.75) is 38.6 Å². The second-order valence-corrected chi connectivity index (χ2v) is 5.78. The second kappa shape index (κ2) is 6.13. The minimum Gasteiger partial charge on any atom is -0.382 e. The SMILES string of the molecule is Cc1cnc(C(=O)N[C@H]2CCCc3ccccc3C2)c(N)n1. The first-order valence-corrected chi connectivity index (χ1v) is 7.60. The van der Waals surface area contributed by atoms with Crippen LogP contribution in [0, 0.1) is 6.92 Å². The lowest BCUT2D eigenvalue weighted by atomic mass is 10.0. The maximum atomic E-state index is 12.4. The monoisotopic (exact) mass is 296 g/mol. The van der Waals surface area contributed by atoms with Crippen LogP contribution in [0.25, 0.3) is 0 Å². The van der Waals surface area contributed by atoms with E-state index in [0.29, 0.717) is 5.69 Å². The average molecular weight is 296 g/mol. The minimum atomic E-state index is -0.241. The number of amides is 1. The van der Waals surface area contributed by atoms with Gasteiger partial charge < -0.3 is 11.1 Å². The van der Waals surface area contributed by atoms with Gasteiger partial charge in [0, 0.05) is 12.2 Å². The number of fused-ring (bicyclic) bond motifs is 1. The number of nitrogen functional groups attached to an aromatic ring is 1. The van der Waals surface area contributed by atoms with Gasteiger partial charge in [0.25, 0.3) is 5.91 Å². The summed E-state index contributed by atoms with van der Waals surface area (Å²) >= 11 is 0. The van der Waals surface area contributed by atoms with Gasteiger partial charge in [-0.1, -0.05) is 24.3 Å². The number of nitrogens with zero attached hydrogens (tertiary/aromatic N) is 2. The summed E-state index contributed by atoms with van der Waals surface area (Å²) in [4.78, 5) is 20.6. The Labute approximate surface area is 130 Å². The number of nitrogens with two attached hydrogens (primary N) is 1. The summed E-state index contributed by atoms with van der Waals surface area (Å²) in [5.41, 5.74) is 9.41. The van der Waals surface area contributed by atoms with Crippen molar-refractivity contribution in [3.8, 4) is 0 Å². The first kappa shape index (κ1) is 14.5. The maximum absolute atomic E-state index is 12.4. The standard InChI is InChI=1S/C17H20N4O/c1-11-10-19-15(16(18)20-11)17(22)21-14-8-4-7-12-5-2-3-6-13(12)9-14/h2-3,5-6,10,14H,4,7-9H2,1H3,(H2,18,20)(H,21,22)/t14-/m0/s1. The number of aryl methyl sites for hydroxylation is 2. The zero-order valence-corrected chi connectivity index (χ0v) is 12.7. The van der Waals surface area contributed by atoms with Crippen molar-refractivity contribution in [2.75, 3.05) is 5.73 Å². The largest absolute Gasteiger partial charge is 0.382 e. The highest BCUT2D eigenvalue weighted by Gasteiger charge is 2.21. The highest BCUT2D eigenvalue weighted by atomic mass is 16.2. The molecule has 22 heavy (non-hydrogen) atoms. The molecular formula is C17H20N4O. The van der Waals surface area contributed by atoms with E-state index in [2.05, 4.69) is 33.5 Å². The van der Waals surface area contributed by atoms with Gasteiger partial charge in [0.1, 0.15) is 0 Å². The third-order valence-electron chi connectivity index (χ3n) is 4.05. The molecule has 0 radical (unpaired) electrons. The van der Waals surface area contributed by atoms with Gasteiger partial charge in [0.2, 0.25) is 0 Å². The Morgan fingerprint density at radius 2 is 2.09 bits per heavy atom. The van der Waals surface area contributed by atoms with Crippen molar-refractivity contribution >= 4 is 11.7 Å². The van der Waals surface area contributed by atoms with Gasteiger partial charge in [-0.2, -0.15) is 0 Å². The molecule has 1 aromatic carbocycles. The van der Waals surface area contributed by atoms with E-state index in [1.54, 1.807) is 13.1 Å². The van der Waals surface area contributed by atoms with Crippen LogP contribution in [0.15, 0.2) is 30.5 Å². The van der Waals surface area contributed by atoms with Crippen molar-refractivity contribution in [3.05, 3.63) is 53.0 Å². The molecule has 0 spiro atoms. The van der Waals surface area contributed by atoms with Gasteiger partial charge in [-0.3, -0.25) is 4.79 Å². The highest BCUT2D eigenvalue weighted by Crippen LogP contribution is 2.21. The lowest BCUT2D eigenvalue weighted by Crippen LogP contribution is -2.37. The van der Waals surface area contributed by atoms with E-state index in [4.69, 9.17) is 5.73 Å². The fourth-order valence-electron chi connectivity index (χ4n) is 2.95. The topological polar surface area (TPSA) is 80.9 Å². The quantitative estimate of drug-likeness (QED) is 0.831. The molecule has 0 aliphatic heterocycles. The minimum absolute atomic E-state index is 0.110. The molecule has 0 unspecified atom stereocenters. The fourth-order valence-corrected chi connectivity index (χ4v) is 2.95. The predicted octanol–water partition coefficient (Wildman–Crippen LogP) is 2.04. The van der Waals surface area contributed by atoms with Crippen LogP contribution in [-0.4, -0.2) is 21.9 Å². The van der Waals surface area contributed by atoms with Crippen LogP contribution in [0.3, 0.4) is 0 Å². The van der Waals surface area contributed by atoms with Gasteiger partial charge in [-0.05, 0) is 43.7 Å². The third kappa shape index (κ3) is 3.08. The summed E-state index contributed by atoms with van der Waals surface area (Å²) in [5, 5.41) is 3.05. The lowest BCUT2D eigenvalue weighted by Gasteiger charge is -2.17. The Hall–Kier alpha value is -2.43. The number of carbonyl (C=O) groups excluding carboxylic acids is 1. The number of anilines is 1. The van der Waals surface area contributed by atoms with E-state index >= 15 is 0 Å². The highest BCUT2D eigenvalue weighted by molar-refractivity contribution is 5.96. The average Bonchev–Trinajstić information content (AvgIpc) is 2.68. The molecule has 1 atom stereocenters. The Kier molecular flexibility index (Phi) is 4.04. The molecule has 3 N–H and O–H groups in total. The van der Waals surface area contributed by atoms with Crippen LogP contribution in [0.5, 0.6) is 0 Å². The second-order valence-electron chi connectivity index (χ2n) is 5.78. The van der Waals surface area contributed by atoms with Crippen molar-refractivity contribution in [1.29, 1.82) is 0 Å². The van der Waals surface area contributed by atoms with Crippen LogP contribution in [0.2, 0.25) is 0 Å². The summed E-state index contributed by atoms with van der Waals surface area (Å²) in [6.45, 7) is 1.80. The number of hydrogen-bond donors (Lipinski definition) is 2. The number of rotatable bonds is 2. The van der Waals surface area contributed by atoms with Gasteiger partial charge in [0.15, 0.2) is 11.5 Å². The third-order valence-corrected chi connectivity index (χ3v) is 4.05. The van der Waals surface area contributed by atoms with E-state index in [1.807, 2.05) is 6.07 Å². The maximum Gasteiger partial charge on any atom is 0.273 e. The lowest BCUT2D eigenvalue weighted by molar-refractivity contribution is 0.0930. The molecule has 0 bridgehead atoms. The molecule has 1 aromatic heterocycles. The van der Waals surface area contributed by atoms with Gasteiger partial charge in [-0.25, -0.2) is 9.97 Å². The van der Waals surface area contributed by atoms with E-state index in [1.165, 1.54) is 11.1 Å². The van der Waals surface area contributed by atoms with Gasteiger partial charge in [-0.15, -0.1) is 0 Å². The number of hydrogen-bond acceptors (Lipinski definition) is 4. The molecule has 1 amide bonds. The fraction of sp³-hybridized carbons (Fsp3) is 0.353. The first-order valence-electron chi connectivity index (χ1n) is 7.60. The number of aromatic nitrogens is 2. The summed E-state index contributed by atoms with van der Waals surface area (Å²) in [5.74, 6) is -0.0547. The predicted molar refractivity (Wildman–Crippen MR) is 85.5 cm³/mol. The van der Waals surface area contributed by atoms with Crippen molar-refractivity contribution < 1.29 is 4.79 Å². The number of nitrogens with one attached hydrogen (secondary N) is 1. The van der Waals surface area contributed by atoms with E-state index in [-0.39, 0.29) is 23.5 Å². The van der Waals surface area contributed by atoms with E-state index in [0.717, 1.165) is 25.7 Å². The molecule has 5 nitrogen and oxygen atoms in total. The van der Waals surface area contributed by atoms with Crippen LogP contribution in [-0.2, 0) is 12.8 Å². The molecule has 1 aliphatic rings. The zero-order chi connectivity index (χ0) is 15.5. The van der Waals surface area contributed by atoms with Crippen LogP contribution < -0.4 is 11.1 Å². The molecule has 3 rings (SSSR count). The summed E-state index contributed by atoms with van der Waals surface area (Å²) in [6.07, 6.45) is 5.50. The Morgan fingerprint density at radius 1 is 1.32 bits per heavy atom. The molecule has 1 aliphatic carbocycles.